The molecule has 3 heterocycles. The number of anilines is 1. The molecule has 1 aliphatic rings. The first-order valence-corrected chi connectivity index (χ1v) is 22.6. The number of hydrogen-bond donors (Lipinski definition) is 3. The standard InChI is InChI=1S/C39H37ClF10N7O6PS/c1-4-23-5-6-24(25-7-8-27(40)31-33(25)56(17-37(43,44)45)54-36(31)57(65-3)18-63-30(59)9-10-64(60,61)62)32(51-23)28(14-20-12-21(41)15-22(42)13-20)52-29(58)16-55-35-26(11-19(2)38(35,46)47)34(53-55)39(48,49)50/h5-8,12-13,15,19,28H,4,9-11,14,16-18H2,1-3H3,(H,52,58)(H2,60,61,62)/t19-,28?/m1/s1. The number of halogens is 11. The normalized spacial score (nSPS) is 15.6. The van der Waals surface area contributed by atoms with Crippen LogP contribution in [-0.4, -0.2) is 71.5 Å². The molecule has 13 nitrogen and oxygen atoms in total. The van der Waals surface area contributed by atoms with Crippen molar-refractivity contribution in [1.82, 2.24) is 29.9 Å². The van der Waals surface area contributed by atoms with E-state index in [9.17, 15) is 49.3 Å². The zero-order valence-corrected chi connectivity index (χ0v) is 36.5. The Labute approximate surface area is 371 Å². The van der Waals surface area contributed by atoms with E-state index in [2.05, 4.69) is 20.5 Å². The minimum atomic E-state index is -5.16. The van der Waals surface area contributed by atoms with E-state index in [-0.39, 0.29) is 55.2 Å². The van der Waals surface area contributed by atoms with E-state index < -0.39 is 124 Å². The summed E-state index contributed by atoms with van der Waals surface area (Å²) in [5.41, 5.74) is -3.78. The lowest BCUT2D eigenvalue weighted by atomic mass is 9.93. The third kappa shape index (κ3) is 11.2. The van der Waals surface area contributed by atoms with Crippen LogP contribution in [-0.2, 0) is 63.3 Å². The monoisotopic (exact) mass is 987 g/mol. The van der Waals surface area contributed by atoms with Crippen molar-refractivity contribution in [3.8, 4) is 11.1 Å². The van der Waals surface area contributed by atoms with Gasteiger partial charge in [-0.25, -0.2) is 8.78 Å². The van der Waals surface area contributed by atoms with Gasteiger partial charge in [0.1, 0.15) is 30.4 Å². The van der Waals surface area contributed by atoms with E-state index in [0.717, 1.165) is 35.3 Å². The third-order valence-corrected chi connectivity index (χ3v) is 12.1. The lowest BCUT2D eigenvalue weighted by molar-refractivity contribution is -0.143. The number of rotatable bonds is 16. The molecule has 3 aromatic heterocycles. The topological polar surface area (TPSA) is 165 Å². The van der Waals surface area contributed by atoms with Crippen LogP contribution in [0.3, 0.4) is 0 Å². The van der Waals surface area contributed by atoms with Gasteiger partial charge in [0.05, 0.1) is 40.2 Å². The summed E-state index contributed by atoms with van der Waals surface area (Å²) < 4.78 is 163. The quantitative estimate of drug-likeness (QED) is 0.0284. The van der Waals surface area contributed by atoms with Crippen LogP contribution in [0.4, 0.5) is 49.7 Å². The molecule has 1 aliphatic carbocycles. The highest BCUT2D eigenvalue weighted by Gasteiger charge is 2.54. The van der Waals surface area contributed by atoms with Gasteiger partial charge in [0, 0.05) is 40.6 Å². The molecule has 2 atom stereocenters. The predicted octanol–water partition coefficient (Wildman–Crippen LogP) is 8.91. The number of carbonyl (C=O) groups is 2. The number of fused-ring (bicyclic) bond motifs is 2. The van der Waals surface area contributed by atoms with E-state index in [4.69, 9.17) is 26.1 Å². The highest BCUT2D eigenvalue weighted by molar-refractivity contribution is 7.99. The van der Waals surface area contributed by atoms with Crippen LogP contribution < -0.4 is 9.62 Å². The molecule has 0 bridgehead atoms. The van der Waals surface area contributed by atoms with E-state index in [0.29, 0.717) is 16.4 Å². The van der Waals surface area contributed by atoms with Gasteiger partial charge in [-0.15, -0.1) is 0 Å². The number of alkyl halides is 8. The summed E-state index contributed by atoms with van der Waals surface area (Å²) in [5, 5.41) is 9.79. The second-order valence-electron chi connectivity index (χ2n) is 15.0. The van der Waals surface area contributed by atoms with Crippen molar-refractivity contribution in [2.45, 2.75) is 76.9 Å². The molecule has 26 heteroatoms. The van der Waals surface area contributed by atoms with E-state index in [1.54, 1.807) is 6.92 Å². The van der Waals surface area contributed by atoms with Crippen LogP contribution in [0.5, 0.6) is 0 Å². The minimum absolute atomic E-state index is 0.0137. The van der Waals surface area contributed by atoms with Crippen LogP contribution >= 0.6 is 31.1 Å². The maximum atomic E-state index is 15.4. The number of carbonyl (C=O) groups excluding carboxylic acids is 2. The number of ether oxygens (including phenoxy) is 1. The fraction of sp³-hybridized carbons (Fsp3) is 0.410. The third-order valence-electron chi connectivity index (χ3n) is 10.3. The zero-order chi connectivity index (χ0) is 48.0. The average Bonchev–Trinajstić information content (AvgIpc) is 3.82. The number of pyridine rings is 1. The summed E-state index contributed by atoms with van der Waals surface area (Å²) in [6.07, 6.45) is -11.2. The maximum absolute atomic E-state index is 15.4. The molecule has 0 aliphatic heterocycles. The van der Waals surface area contributed by atoms with Gasteiger partial charge in [0.2, 0.25) is 5.91 Å². The Bertz CT molecular complexity index is 2650. The first-order valence-electron chi connectivity index (χ1n) is 19.3. The fourth-order valence-electron chi connectivity index (χ4n) is 7.42. The molecule has 352 valence electrons. The van der Waals surface area contributed by atoms with Gasteiger partial charge in [0.25, 0.3) is 5.92 Å². The SMILES string of the molecule is CCc1ccc(-c2ccc(Cl)c3c(N(COC(=O)CCP(=O)(O)O)SC)nn(CC(F)(F)F)c23)c(C(Cc2cc(F)cc(F)c2)NC(=O)Cn2nc(C(F)(F)F)c3c2C(F)(F)[C@H](C)C3)n1. The predicted molar refractivity (Wildman–Crippen MR) is 217 cm³/mol. The van der Waals surface area contributed by atoms with Crippen LogP contribution in [0.15, 0.2) is 42.5 Å². The summed E-state index contributed by atoms with van der Waals surface area (Å²) in [4.78, 5) is 49.3. The summed E-state index contributed by atoms with van der Waals surface area (Å²) in [7, 11) is -4.59. The first kappa shape index (κ1) is 49.5. The Morgan fingerprint density at radius 1 is 1.05 bits per heavy atom. The first-order chi connectivity index (χ1) is 30.2. The summed E-state index contributed by atoms with van der Waals surface area (Å²) >= 11 is 7.49. The lowest BCUT2D eigenvalue weighted by Gasteiger charge is -2.24. The average molecular weight is 988 g/mol. The number of aryl methyl sites for hydroxylation is 1. The minimum Gasteiger partial charge on any atom is -0.443 e. The molecule has 2 aromatic carbocycles. The highest BCUT2D eigenvalue weighted by atomic mass is 35.5. The van der Waals surface area contributed by atoms with Crippen molar-refractivity contribution in [3.63, 3.8) is 0 Å². The fourth-order valence-corrected chi connectivity index (χ4v) is 8.59. The van der Waals surface area contributed by atoms with E-state index >= 15 is 8.78 Å². The summed E-state index contributed by atoms with van der Waals surface area (Å²) in [6.45, 7) is -0.891. The molecule has 0 saturated heterocycles. The molecule has 5 aromatic rings. The smallest absolute Gasteiger partial charge is 0.435 e. The van der Waals surface area contributed by atoms with Crippen molar-refractivity contribution in [2.24, 2.45) is 5.92 Å². The summed E-state index contributed by atoms with van der Waals surface area (Å²) in [6, 6.07) is 6.36. The van der Waals surface area contributed by atoms with Gasteiger partial charge in [-0.1, -0.05) is 37.6 Å². The number of aromatic nitrogens is 5. The molecular formula is C39H37ClF10N7O6PS. The van der Waals surface area contributed by atoms with Crippen molar-refractivity contribution in [3.05, 3.63) is 93.0 Å². The summed E-state index contributed by atoms with van der Waals surface area (Å²) in [5.74, 6) is -10.0. The van der Waals surface area contributed by atoms with Crippen LogP contribution in [0.2, 0.25) is 5.02 Å². The second kappa shape index (κ2) is 18.8. The Morgan fingerprint density at radius 3 is 2.31 bits per heavy atom. The number of amides is 1. The largest absolute Gasteiger partial charge is 0.443 e. The molecular weight excluding hydrogens is 951 g/mol. The van der Waals surface area contributed by atoms with Crippen molar-refractivity contribution in [1.29, 1.82) is 0 Å². The molecule has 1 unspecified atom stereocenters. The van der Waals surface area contributed by atoms with Gasteiger partial charge in [-0.2, -0.15) is 45.3 Å². The Hall–Kier alpha value is -4.90. The molecule has 6 rings (SSSR count). The van der Waals surface area contributed by atoms with Gasteiger partial charge < -0.3 is 19.8 Å². The van der Waals surface area contributed by atoms with Crippen LogP contribution in [0.1, 0.15) is 60.2 Å². The van der Waals surface area contributed by atoms with E-state index in [1.165, 1.54) is 30.5 Å². The van der Waals surface area contributed by atoms with Crippen molar-refractivity contribution < 1.29 is 72.6 Å². The Morgan fingerprint density at radius 2 is 1.71 bits per heavy atom. The second-order valence-corrected chi connectivity index (χ2v) is 18.0. The number of hydrogen-bond acceptors (Lipinski definition) is 9. The van der Waals surface area contributed by atoms with Crippen LogP contribution in [0.25, 0.3) is 22.0 Å². The van der Waals surface area contributed by atoms with Gasteiger partial charge >= 0.3 is 25.9 Å². The molecule has 3 N–H and O–H groups in total. The van der Waals surface area contributed by atoms with Gasteiger partial charge in [-0.3, -0.25) is 32.8 Å². The van der Waals surface area contributed by atoms with Crippen molar-refractivity contribution in [2.75, 3.05) is 23.5 Å². The van der Waals surface area contributed by atoms with Gasteiger partial charge in [-0.05, 0) is 61.0 Å². The molecule has 0 fully saturated rings. The lowest BCUT2D eigenvalue weighted by Crippen LogP contribution is -2.35. The van der Waals surface area contributed by atoms with Crippen molar-refractivity contribution >= 4 is 59.7 Å². The zero-order valence-electron chi connectivity index (χ0n) is 34.1. The highest BCUT2D eigenvalue weighted by Crippen LogP contribution is 2.50. The number of benzene rings is 2. The number of nitrogens with one attached hydrogen (secondary N) is 1. The Kier molecular flexibility index (Phi) is 14.3. The van der Waals surface area contributed by atoms with Crippen LogP contribution in [0, 0.1) is 17.6 Å². The molecule has 0 spiro atoms. The molecule has 65 heavy (non-hydrogen) atoms. The molecule has 0 radical (unpaired) electrons. The molecule has 1 amide bonds. The number of nitrogens with zero attached hydrogens (tertiary/aromatic N) is 6. The maximum Gasteiger partial charge on any atom is 0.435 e. The molecule has 0 saturated carbocycles. The Balaban J connectivity index is 1.50. The van der Waals surface area contributed by atoms with Gasteiger partial charge in [0.15, 0.2) is 18.2 Å². The van der Waals surface area contributed by atoms with E-state index in [1.807, 2.05) is 0 Å². The number of esters is 1.